The highest BCUT2D eigenvalue weighted by Gasteiger charge is 1.96. The average Bonchev–Trinajstić information content (AvgIpc) is 2.08. The average molecular weight is 198 g/mol. The maximum atomic E-state index is 5.41. The van der Waals surface area contributed by atoms with Crippen molar-refractivity contribution < 1.29 is 0 Å². The van der Waals surface area contributed by atoms with Crippen LogP contribution in [0.25, 0.3) is 0 Å². The first-order chi connectivity index (χ1) is 6.18. The van der Waals surface area contributed by atoms with Gasteiger partial charge in [-0.05, 0) is 26.2 Å². The maximum Gasteiger partial charge on any atom is 0.146 e. The molecule has 0 aliphatic rings. The van der Waals surface area contributed by atoms with Gasteiger partial charge < -0.3 is 10.6 Å². The van der Waals surface area contributed by atoms with Gasteiger partial charge in [0, 0.05) is 12.3 Å². The fourth-order valence-electron chi connectivity index (χ4n) is 0.740. The summed E-state index contributed by atoms with van der Waals surface area (Å²) in [6.45, 7) is 1.04. The third-order valence-corrected chi connectivity index (χ3v) is 2.35. The lowest BCUT2D eigenvalue weighted by Crippen LogP contribution is -2.14. The molecule has 1 heterocycles. The second kappa shape index (κ2) is 5.04. The first-order valence-corrected chi connectivity index (χ1v) is 5.04. The zero-order chi connectivity index (χ0) is 9.68. The van der Waals surface area contributed by atoms with Crippen LogP contribution in [0.15, 0.2) is 17.2 Å². The molecule has 0 amide bonds. The molecule has 0 fully saturated rings. The van der Waals surface area contributed by atoms with Gasteiger partial charge in [-0.3, -0.25) is 0 Å². The zero-order valence-electron chi connectivity index (χ0n) is 7.90. The molecule has 4 nitrogen and oxygen atoms in total. The molecule has 0 aliphatic heterocycles. The summed E-state index contributed by atoms with van der Waals surface area (Å²) in [5.41, 5.74) is 5.41. The van der Waals surface area contributed by atoms with Crippen LogP contribution in [-0.2, 0) is 0 Å². The summed E-state index contributed by atoms with van der Waals surface area (Å²) >= 11 is 1.69. The topological polar surface area (TPSA) is 55.0 Å². The summed E-state index contributed by atoms with van der Waals surface area (Å²) in [6, 6.07) is 3.66. The largest absolute Gasteiger partial charge is 0.382 e. The Bertz CT molecular complexity index is 247. The first kappa shape index (κ1) is 10.3. The molecule has 2 N–H and O–H groups in total. The van der Waals surface area contributed by atoms with Gasteiger partial charge in [-0.15, -0.1) is 22.0 Å². The molecule has 0 aliphatic carbocycles. The number of nitrogens with zero attached hydrogens (tertiary/aromatic N) is 3. The Balaban J connectivity index is 2.33. The molecule has 1 aromatic rings. The Morgan fingerprint density at radius 3 is 2.69 bits per heavy atom. The SMILES string of the molecule is CN(C)CCSc1ccc(N)nn1. The van der Waals surface area contributed by atoms with E-state index >= 15 is 0 Å². The smallest absolute Gasteiger partial charge is 0.146 e. The molecule has 0 bridgehead atoms. The minimum absolute atomic E-state index is 0.469. The Kier molecular flexibility index (Phi) is 3.98. The van der Waals surface area contributed by atoms with Gasteiger partial charge in [0.25, 0.3) is 0 Å². The summed E-state index contributed by atoms with van der Waals surface area (Å²) in [5, 5.41) is 8.64. The van der Waals surface area contributed by atoms with E-state index in [1.807, 2.05) is 6.07 Å². The first-order valence-electron chi connectivity index (χ1n) is 4.05. The Hall–Kier alpha value is -0.810. The molecule has 0 aromatic carbocycles. The van der Waals surface area contributed by atoms with E-state index in [9.17, 15) is 0 Å². The van der Waals surface area contributed by atoms with Gasteiger partial charge in [0.05, 0.1) is 0 Å². The minimum Gasteiger partial charge on any atom is -0.382 e. The highest BCUT2D eigenvalue weighted by molar-refractivity contribution is 7.99. The Labute approximate surface area is 82.5 Å². The predicted octanol–water partition coefficient (Wildman–Crippen LogP) is 0.712. The second-order valence-electron chi connectivity index (χ2n) is 2.95. The van der Waals surface area contributed by atoms with Crippen molar-refractivity contribution in [1.82, 2.24) is 15.1 Å². The Morgan fingerprint density at radius 2 is 2.15 bits per heavy atom. The van der Waals surface area contributed by atoms with Crippen LogP contribution < -0.4 is 5.73 Å². The highest BCUT2D eigenvalue weighted by atomic mass is 32.2. The highest BCUT2D eigenvalue weighted by Crippen LogP contribution is 2.13. The zero-order valence-corrected chi connectivity index (χ0v) is 8.71. The summed E-state index contributed by atoms with van der Waals surface area (Å²) in [7, 11) is 4.10. The molecule has 0 unspecified atom stereocenters. The third-order valence-electron chi connectivity index (χ3n) is 1.45. The molecule has 1 aromatic heterocycles. The molecule has 13 heavy (non-hydrogen) atoms. The quantitative estimate of drug-likeness (QED) is 0.722. The van der Waals surface area contributed by atoms with E-state index in [4.69, 9.17) is 5.73 Å². The lowest BCUT2D eigenvalue weighted by molar-refractivity contribution is 0.437. The number of rotatable bonds is 4. The molecular formula is C8H14N4S. The molecule has 0 radical (unpaired) electrons. The summed E-state index contributed by atoms with van der Waals surface area (Å²) in [4.78, 5) is 2.14. The van der Waals surface area contributed by atoms with Gasteiger partial charge in [-0.2, -0.15) is 0 Å². The molecule has 1 rings (SSSR count). The van der Waals surface area contributed by atoms with E-state index < -0.39 is 0 Å². The maximum absolute atomic E-state index is 5.41. The summed E-state index contributed by atoms with van der Waals surface area (Å²) in [5.74, 6) is 1.49. The van der Waals surface area contributed by atoms with Crippen molar-refractivity contribution in [3.05, 3.63) is 12.1 Å². The number of nitrogen functional groups attached to an aromatic ring is 1. The van der Waals surface area contributed by atoms with E-state index in [0.717, 1.165) is 17.3 Å². The third kappa shape index (κ3) is 4.10. The normalized spacial score (nSPS) is 10.7. The predicted molar refractivity (Wildman–Crippen MR) is 55.7 cm³/mol. The lowest BCUT2D eigenvalue weighted by Gasteiger charge is -2.07. The second-order valence-corrected chi connectivity index (χ2v) is 4.06. The van der Waals surface area contributed by atoms with Gasteiger partial charge in [-0.1, -0.05) is 0 Å². The van der Waals surface area contributed by atoms with Crippen molar-refractivity contribution in [2.45, 2.75) is 5.03 Å². The van der Waals surface area contributed by atoms with Crippen molar-refractivity contribution in [2.24, 2.45) is 0 Å². The fourth-order valence-corrected chi connectivity index (χ4v) is 1.67. The molecule has 72 valence electrons. The van der Waals surface area contributed by atoms with Crippen molar-refractivity contribution in [3.63, 3.8) is 0 Å². The van der Waals surface area contributed by atoms with Crippen molar-refractivity contribution in [2.75, 3.05) is 32.1 Å². The number of hydrogen-bond donors (Lipinski definition) is 1. The number of thioether (sulfide) groups is 1. The van der Waals surface area contributed by atoms with Crippen molar-refractivity contribution in [1.29, 1.82) is 0 Å². The van der Waals surface area contributed by atoms with Gasteiger partial charge in [0.15, 0.2) is 0 Å². The van der Waals surface area contributed by atoms with Gasteiger partial charge >= 0.3 is 0 Å². The number of aromatic nitrogens is 2. The van der Waals surface area contributed by atoms with E-state index in [-0.39, 0.29) is 0 Å². The van der Waals surface area contributed by atoms with Crippen LogP contribution in [-0.4, -0.2) is 41.5 Å². The van der Waals surface area contributed by atoms with Crippen molar-refractivity contribution in [3.8, 4) is 0 Å². The van der Waals surface area contributed by atoms with Crippen LogP contribution in [0.4, 0.5) is 5.82 Å². The molecule has 5 heteroatoms. The van der Waals surface area contributed by atoms with Crippen LogP contribution in [0.5, 0.6) is 0 Å². The molecule has 0 saturated heterocycles. The number of anilines is 1. The van der Waals surface area contributed by atoms with Gasteiger partial charge in [0.1, 0.15) is 10.8 Å². The Morgan fingerprint density at radius 1 is 1.38 bits per heavy atom. The standard InChI is InChI=1S/C8H14N4S/c1-12(2)5-6-13-8-4-3-7(9)10-11-8/h3-4H,5-6H2,1-2H3,(H2,9,10). The summed E-state index contributed by atoms with van der Waals surface area (Å²) < 4.78 is 0. The number of nitrogens with two attached hydrogens (primary N) is 1. The van der Waals surface area contributed by atoms with E-state index in [2.05, 4.69) is 29.2 Å². The van der Waals surface area contributed by atoms with E-state index in [1.165, 1.54) is 0 Å². The van der Waals surface area contributed by atoms with Crippen LogP contribution in [0.1, 0.15) is 0 Å². The number of hydrogen-bond acceptors (Lipinski definition) is 5. The van der Waals surface area contributed by atoms with Crippen LogP contribution in [0.3, 0.4) is 0 Å². The van der Waals surface area contributed by atoms with Gasteiger partial charge in [-0.25, -0.2) is 0 Å². The van der Waals surface area contributed by atoms with Crippen LogP contribution in [0, 0.1) is 0 Å². The minimum atomic E-state index is 0.469. The lowest BCUT2D eigenvalue weighted by atomic mass is 10.5. The van der Waals surface area contributed by atoms with Crippen LogP contribution >= 0.6 is 11.8 Å². The molecular weight excluding hydrogens is 184 g/mol. The van der Waals surface area contributed by atoms with Crippen LogP contribution in [0.2, 0.25) is 0 Å². The molecule has 0 saturated carbocycles. The summed E-state index contributed by atoms with van der Waals surface area (Å²) in [6.07, 6.45) is 0. The van der Waals surface area contributed by atoms with E-state index in [0.29, 0.717) is 5.82 Å². The van der Waals surface area contributed by atoms with Gasteiger partial charge in [0.2, 0.25) is 0 Å². The van der Waals surface area contributed by atoms with E-state index in [1.54, 1.807) is 17.8 Å². The molecule has 0 atom stereocenters. The fraction of sp³-hybridized carbons (Fsp3) is 0.500. The monoisotopic (exact) mass is 198 g/mol. The molecule has 0 spiro atoms. The van der Waals surface area contributed by atoms with Crippen molar-refractivity contribution >= 4 is 17.6 Å².